The van der Waals surface area contributed by atoms with E-state index in [0.29, 0.717) is 12.1 Å². The highest BCUT2D eigenvalue weighted by atomic mass is 15.2. The maximum atomic E-state index is 3.67. The van der Waals surface area contributed by atoms with E-state index in [9.17, 15) is 0 Å². The van der Waals surface area contributed by atoms with Crippen LogP contribution in [0.3, 0.4) is 0 Å². The van der Waals surface area contributed by atoms with Gasteiger partial charge < -0.3 is 10.2 Å². The Labute approximate surface area is 124 Å². The molecule has 0 saturated carbocycles. The molecule has 20 heavy (non-hydrogen) atoms. The van der Waals surface area contributed by atoms with Crippen molar-refractivity contribution in [2.75, 3.05) is 36.4 Å². The molecule has 3 heteroatoms. The lowest BCUT2D eigenvalue weighted by Crippen LogP contribution is -2.31. The van der Waals surface area contributed by atoms with Crippen molar-refractivity contribution in [3.63, 3.8) is 0 Å². The van der Waals surface area contributed by atoms with E-state index in [-0.39, 0.29) is 0 Å². The van der Waals surface area contributed by atoms with Crippen molar-refractivity contribution in [3.05, 3.63) is 24.3 Å². The molecule has 1 aliphatic rings. The predicted octanol–water partition coefficient (Wildman–Crippen LogP) is 3.43. The topological polar surface area (TPSA) is 18.5 Å². The van der Waals surface area contributed by atoms with Crippen LogP contribution in [0.5, 0.6) is 0 Å². The van der Waals surface area contributed by atoms with Gasteiger partial charge in [0.25, 0.3) is 0 Å². The molecule has 1 saturated heterocycles. The second-order valence-electron chi connectivity index (χ2n) is 5.94. The van der Waals surface area contributed by atoms with Crippen molar-refractivity contribution in [1.29, 1.82) is 0 Å². The zero-order valence-electron chi connectivity index (χ0n) is 13.4. The van der Waals surface area contributed by atoms with Crippen LogP contribution in [0.25, 0.3) is 0 Å². The third-order valence-corrected chi connectivity index (χ3v) is 4.32. The minimum absolute atomic E-state index is 0.594. The molecule has 0 amide bonds. The Kier molecular flexibility index (Phi) is 5.30. The Balaban J connectivity index is 1.91. The first-order valence-corrected chi connectivity index (χ1v) is 7.99. The number of rotatable bonds is 6. The molecule has 2 rings (SSSR count). The van der Waals surface area contributed by atoms with Crippen molar-refractivity contribution < 1.29 is 0 Å². The van der Waals surface area contributed by atoms with Crippen LogP contribution in [0.1, 0.15) is 34.1 Å². The molecule has 1 fully saturated rings. The smallest absolute Gasteiger partial charge is 0.0400 e. The third kappa shape index (κ3) is 3.66. The zero-order chi connectivity index (χ0) is 14.5. The fourth-order valence-corrected chi connectivity index (χ4v) is 2.97. The summed E-state index contributed by atoms with van der Waals surface area (Å²) in [5.74, 6) is 0. The number of hydrogen-bond donors (Lipinski definition) is 1. The molecule has 0 spiro atoms. The van der Waals surface area contributed by atoms with Crippen molar-refractivity contribution in [2.45, 2.75) is 46.2 Å². The Morgan fingerprint density at radius 3 is 2.35 bits per heavy atom. The molecule has 1 atom stereocenters. The number of hydrogen-bond acceptors (Lipinski definition) is 3. The van der Waals surface area contributed by atoms with Crippen molar-refractivity contribution in [1.82, 2.24) is 4.90 Å². The van der Waals surface area contributed by atoms with E-state index in [0.717, 1.165) is 19.6 Å². The van der Waals surface area contributed by atoms with Crippen molar-refractivity contribution in [3.8, 4) is 0 Å². The van der Waals surface area contributed by atoms with Gasteiger partial charge in [0.2, 0.25) is 0 Å². The molecule has 1 aromatic carbocycles. The monoisotopic (exact) mass is 275 g/mol. The van der Waals surface area contributed by atoms with Gasteiger partial charge in [-0.3, -0.25) is 4.90 Å². The number of likely N-dealkylation sites (tertiary alicyclic amines) is 1. The molecule has 1 N–H and O–H groups in total. The maximum Gasteiger partial charge on any atom is 0.0400 e. The predicted molar refractivity (Wildman–Crippen MR) is 88.7 cm³/mol. The van der Waals surface area contributed by atoms with Crippen LogP contribution in [0.2, 0.25) is 0 Å². The second-order valence-corrected chi connectivity index (χ2v) is 5.94. The van der Waals surface area contributed by atoms with Crippen LogP contribution in [0, 0.1) is 0 Å². The Hall–Kier alpha value is -1.22. The van der Waals surface area contributed by atoms with Crippen LogP contribution in [0.15, 0.2) is 24.3 Å². The van der Waals surface area contributed by atoms with Gasteiger partial charge in [-0.25, -0.2) is 0 Å². The van der Waals surface area contributed by atoms with Crippen LogP contribution in [0.4, 0.5) is 11.4 Å². The average Bonchev–Trinajstić information content (AvgIpc) is 2.91. The van der Waals surface area contributed by atoms with Crippen LogP contribution in [-0.4, -0.2) is 43.2 Å². The van der Waals surface area contributed by atoms with Gasteiger partial charge in [-0.2, -0.15) is 0 Å². The lowest BCUT2D eigenvalue weighted by atomic mass is 10.2. The molecule has 1 unspecified atom stereocenters. The van der Waals surface area contributed by atoms with Gasteiger partial charge in [-0.1, -0.05) is 0 Å². The number of nitrogens with zero attached hydrogens (tertiary/aromatic N) is 2. The maximum absolute atomic E-state index is 3.67. The van der Waals surface area contributed by atoms with E-state index in [1.165, 1.54) is 24.3 Å². The fraction of sp³-hybridized carbons (Fsp3) is 0.647. The summed E-state index contributed by atoms with van der Waals surface area (Å²) < 4.78 is 0. The second kappa shape index (κ2) is 6.98. The van der Waals surface area contributed by atoms with Gasteiger partial charge in [-0.05, 0) is 58.4 Å². The summed E-state index contributed by atoms with van der Waals surface area (Å²) in [6, 6.07) is 10.1. The molecule has 1 aliphatic heterocycles. The van der Waals surface area contributed by atoms with Crippen LogP contribution < -0.4 is 10.2 Å². The first-order chi connectivity index (χ1) is 9.63. The quantitative estimate of drug-likeness (QED) is 0.858. The first-order valence-electron chi connectivity index (χ1n) is 7.99. The van der Waals surface area contributed by atoms with Gasteiger partial charge in [0, 0.05) is 49.6 Å². The summed E-state index contributed by atoms with van der Waals surface area (Å²) in [4.78, 5) is 4.92. The molecule has 0 aliphatic carbocycles. The highest BCUT2D eigenvalue weighted by Gasteiger charge is 2.23. The standard InChI is InChI=1S/C17H29N3/c1-5-19(6-2)17-9-7-15(8-10-17)18-16-11-12-20(13-16)14(3)4/h7-10,14,16,18H,5-6,11-13H2,1-4H3. The number of anilines is 2. The van der Waals surface area contributed by atoms with E-state index in [1.54, 1.807) is 0 Å². The first kappa shape index (κ1) is 15.2. The molecule has 0 bridgehead atoms. The van der Waals surface area contributed by atoms with Crippen LogP contribution in [-0.2, 0) is 0 Å². The highest BCUT2D eigenvalue weighted by molar-refractivity contribution is 5.55. The van der Waals surface area contributed by atoms with Crippen molar-refractivity contribution in [2.24, 2.45) is 0 Å². The Bertz CT molecular complexity index is 395. The summed E-state index contributed by atoms with van der Waals surface area (Å²) in [6.45, 7) is 13.5. The average molecular weight is 275 g/mol. The molecule has 0 aromatic heterocycles. The zero-order valence-corrected chi connectivity index (χ0v) is 13.4. The van der Waals surface area contributed by atoms with Gasteiger partial charge in [0.15, 0.2) is 0 Å². The van der Waals surface area contributed by atoms with Crippen LogP contribution >= 0.6 is 0 Å². The SMILES string of the molecule is CCN(CC)c1ccc(NC2CCN(C(C)C)C2)cc1. The Morgan fingerprint density at radius 2 is 1.85 bits per heavy atom. The Morgan fingerprint density at radius 1 is 1.20 bits per heavy atom. The molecule has 1 heterocycles. The van der Waals surface area contributed by atoms with Gasteiger partial charge >= 0.3 is 0 Å². The number of nitrogens with one attached hydrogen (secondary N) is 1. The summed E-state index contributed by atoms with van der Waals surface area (Å²) in [5, 5.41) is 3.67. The molecule has 0 radical (unpaired) electrons. The summed E-state index contributed by atoms with van der Waals surface area (Å²) >= 11 is 0. The highest BCUT2D eigenvalue weighted by Crippen LogP contribution is 2.21. The van der Waals surface area contributed by atoms with E-state index < -0.39 is 0 Å². The molecular formula is C17H29N3. The summed E-state index contributed by atoms with van der Waals surface area (Å²) in [7, 11) is 0. The minimum atomic E-state index is 0.594. The minimum Gasteiger partial charge on any atom is -0.381 e. The van der Waals surface area contributed by atoms with Gasteiger partial charge in [0.1, 0.15) is 0 Å². The van der Waals surface area contributed by atoms with Crippen molar-refractivity contribution >= 4 is 11.4 Å². The largest absolute Gasteiger partial charge is 0.381 e. The lowest BCUT2D eigenvalue weighted by molar-refractivity contribution is 0.274. The van der Waals surface area contributed by atoms with E-state index >= 15 is 0 Å². The fourth-order valence-electron chi connectivity index (χ4n) is 2.97. The molecule has 112 valence electrons. The summed E-state index contributed by atoms with van der Waals surface area (Å²) in [6.07, 6.45) is 1.25. The van der Waals surface area contributed by atoms with Gasteiger partial charge in [0.05, 0.1) is 0 Å². The van der Waals surface area contributed by atoms with Gasteiger partial charge in [-0.15, -0.1) is 0 Å². The third-order valence-electron chi connectivity index (χ3n) is 4.32. The molecule has 1 aromatic rings. The summed E-state index contributed by atoms with van der Waals surface area (Å²) in [5.41, 5.74) is 2.56. The normalized spacial score (nSPS) is 19.6. The lowest BCUT2D eigenvalue weighted by Gasteiger charge is -2.22. The molecule has 3 nitrogen and oxygen atoms in total. The molecular weight excluding hydrogens is 246 g/mol. The van der Waals surface area contributed by atoms with E-state index in [2.05, 4.69) is 67.1 Å². The van der Waals surface area contributed by atoms with E-state index in [4.69, 9.17) is 0 Å². The van der Waals surface area contributed by atoms with E-state index in [1.807, 2.05) is 0 Å². The number of benzene rings is 1.